The van der Waals surface area contributed by atoms with Crippen molar-refractivity contribution in [1.82, 2.24) is 19.8 Å². The smallest absolute Gasteiger partial charge is 0.259 e. The number of pyridine rings is 2. The third-order valence-corrected chi connectivity index (χ3v) is 7.27. The zero-order valence-electron chi connectivity index (χ0n) is 21.7. The van der Waals surface area contributed by atoms with Gasteiger partial charge in [0.2, 0.25) is 5.88 Å². The van der Waals surface area contributed by atoms with Crippen LogP contribution in [0.15, 0.2) is 36.7 Å². The highest BCUT2D eigenvalue weighted by Crippen LogP contribution is 2.28. The molecule has 36 heavy (non-hydrogen) atoms. The van der Waals surface area contributed by atoms with E-state index >= 15 is 0 Å². The van der Waals surface area contributed by atoms with Gasteiger partial charge in [-0.25, -0.2) is 4.98 Å². The van der Waals surface area contributed by atoms with Gasteiger partial charge in [0.15, 0.2) is 0 Å². The van der Waals surface area contributed by atoms with Gasteiger partial charge in [0, 0.05) is 49.9 Å². The first-order chi connectivity index (χ1) is 17.4. The lowest BCUT2D eigenvalue weighted by molar-refractivity contribution is 0.0324. The lowest BCUT2D eigenvalue weighted by Gasteiger charge is -2.37. The second-order valence-electron chi connectivity index (χ2n) is 10.4. The molecule has 0 saturated heterocycles. The third kappa shape index (κ3) is 6.63. The maximum atomic E-state index is 13.6. The van der Waals surface area contributed by atoms with Crippen molar-refractivity contribution >= 4 is 5.91 Å². The fraction of sp³-hybridized carbons (Fsp3) is 0.552. The lowest BCUT2D eigenvalue weighted by Crippen LogP contribution is -2.49. The number of fused-ring (bicyclic) bond motifs is 1. The Morgan fingerprint density at radius 2 is 2.08 bits per heavy atom. The Kier molecular flexibility index (Phi) is 8.95. The Hall–Kier alpha value is -2.95. The summed E-state index contributed by atoms with van der Waals surface area (Å²) in [5.41, 5.74) is 2.12. The van der Waals surface area contributed by atoms with E-state index in [1.807, 2.05) is 32.2 Å². The summed E-state index contributed by atoms with van der Waals surface area (Å²) in [5.74, 6) is 7.39. The van der Waals surface area contributed by atoms with Gasteiger partial charge >= 0.3 is 0 Å². The van der Waals surface area contributed by atoms with Crippen molar-refractivity contribution in [2.24, 2.45) is 11.8 Å². The van der Waals surface area contributed by atoms with E-state index in [0.29, 0.717) is 37.0 Å². The number of ether oxygens (including phenoxy) is 1. The van der Waals surface area contributed by atoms with Crippen molar-refractivity contribution < 1.29 is 14.6 Å². The van der Waals surface area contributed by atoms with Gasteiger partial charge in [-0.3, -0.25) is 14.7 Å². The molecule has 4 rings (SSSR count). The van der Waals surface area contributed by atoms with E-state index in [1.54, 1.807) is 23.4 Å². The zero-order chi connectivity index (χ0) is 25.5. The van der Waals surface area contributed by atoms with E-state index in [2.05, 4.69) is 33.6 Å². The number of hydrogen-bond acceptors (Lipinski definition) is 6. The fourth-order valence-electron chi connectivity index (χ4n) is 5.04. The topological polar surface area (TPSA) is 78.8 Å². The van der Waals surface area contributed by atoms with Crippen molar-refractivity contribution in [3.8, 4) is 17.7 Å². The average Bonchev–Trinajstić information content (AvgIpc) is 3.40. The van der Waals surface area contributed by atoms with Crippen LogP contribution in [0.4, 0.5) is 0 Å². The maximum Gasteiger partial charge on any atom is 0.259 e. The Morgan fingerprint density at radius 1 is 1.28 bits per heavy atom. The molecule has 0 radical (unpaired) electrons. The highest BCUT2D eigenvalue weighted by molar-refractivity contribution is 5.97. The van der Waals surface area contributed by atoms with Crippen molar-refractivity contribution in [2.75, 3.05) is 26.7 Å². The van der Waals surface area contributed by atoms with E-state index in [4.69, 9.17) is 4.74 Å². The summed E-state index contributed by atoms with van der Waals surface area (Å²) in [6.45, 7) is 5.67. The number of likely N-dealkylation sites (N-methyl/N-ethyl adjacent to an activating group) is 1. The zero-order valence-corrected chi connectivity index (χ0v) is 21.7. The Balaban J connectivity index is 1.57. The number of aromatic nitrogens is 2. The summed E-state index contributed by atoms with van der Waals surface area (Å²) in [6.07, 6.45) is 9.31. The summed E-state index contributed by atoms with van der Waals surface area (Å²) < 4.78 is 6.40. The summed E-state index contributed by atoms with van der Waals surface area (Å²) in [7, 11) is 2.04. The van der Waals surface area contributed by atoms with Crippen LogP contribution in [0.25, 0.3) is 0 Å². The van der Waals surface area contributed by atoms with Gasteiger partial charge in [-0.1, -0.05) is 37.7 Å². The SMILES string of the molecule is C[C@H](CO)N1C[C@H](C)[C@H](CN(C)Cc2ccccn2)Oc2ncc(C#CCC3CCCC3)cc2C1=O. The molecule has 0 bridgehead atoms. The molecule has 2 aliphatic rings. The first-order valence-electron chi connectivity index (χ1n) is 13.1. The predicted molar refractivity (Wildman–Crippen MR) is 139 cm³/mol. The minimum Gasteiger partial charge on any atom is -0.472 e. The van der Waals surface area contributed by atoms with Crippen LogP contribution < -0.4 is 4.74 Å². The summed E-state index contributed by atoms with van der Waals surface area (Å²) >= 11 is 0. The van der Waals surface area contributed by atoms with Crippen LogP contribution in [-0.4, -0.2) is 69.7 Å². The Morgan fingerprint density at radius 3 is 2.81 bits per heavy atom. The molecular formula is C29H38N4O3. The monoisotopic (exact) mass is 490 g/mol. The highest BCUT2D eigenvalue weighted by atomic mass is 16.5. The largest absolute Gasteiger partial charge is 0.472 e. The number of carbonyl (C=O) groups is 1. The van der Waals surface area contributed by atoms with Crippen LogP contribution in [0.1, 0.15) is 67.6 Å². The van der Waals surface area contributed by atoms with Gasteiger partial charge in [-0.05, 0) is 50.9 Å². The molecule has 1 saturated carbocycles. The Labute approximate surface area is 214 Å². The lowest BCUT2D eigenvalue weighted by atomic mass is 9.99. The van der Waals surface area contributed by atoms with Crippen LogP contribution >= 0.6 is 0 Å². The molecule has 0 unspecified atom stereocenters. The number of aliphatic hydroxyl groups excluding tert-OH is 1. The van der Waals surface area contributed by atoms with E-state index in [1.165, 1.54) is 25.7 Å². The fourth-order valence-corrected chi connectivity index (χ4v) is 5.04. The number of hydrogen-bond donors (Lipinski definition) is 1. The van der Waals surface area contributed by atoms with Crippen molar-refractivity contribution in [2.45, 2.75) is 64.6 Å². The van der Waals surface area contributed by atoms with Crippen LogP contribution in [0.3, 0.4) is 0 Å². The molecule has 192 valence electrons. The molecule has 3 heterocycles. The van der Waals surface area contributed by atoms with Gasteiger partial charge in [0.1, 0.15) is 11.7 Å². The molecule has 2 aromatic heterocycles. The average molecular weight is 491 g/mol. The second-order valence-corrected chi connectivity index (χ2v) is 10.4. The van der Waals surface area contributed by atoms with Gasteiger partial charge in [-0.2, -0.15) is 0 Å². The summed E-state index contributed by atoms with van der Waals surface area (Å²) in [4.78, 5) is 26.5. The van der Waals surface area contributed by atoms with Crippen molar-refractivity contribution in [3.05, 3.63) is 53.5 Å². The summed E-state index contributed by atoms with van der Waals surface area (Å²) in [5, 5.41) is 9.87. The second kappa shape index (κ2) is 12.3. The normalized spacial score (nSPS) is 21.2. The van der Waals surface area contributed by atoms with E-state index in [9.17, 15) is 9.90 Å². The van der Waals surface area contributed by atoms with Crippen molar-refractivity contribution in [1.29, 1.82) is 0 Å². The predicted octanol–water partition coefficient (Wildman–Crippen LogP) is 3.76. The van der Waals surface area contributed by atoms with Crippen LogP contribution in [0.5, 0.6) is 5.88 Å². The van der Waals surface area contributed by atoms with Crippen molar-refractivity contribution in [3.63, 3.8) is 0 Å². The number of aliphatic hydroxyl groups is 1. The first kappa shape index (κ1) is 26.1. The Bertz CT molecular complexity index is 1070. The van der Waals surface area contributed by atoms with Gasteiger partial charge < -0.3 is 14.7 Å². The molecular weight excluding hydrogens is 452 g/mol. The van der Waals surface area contributed by atoms with Crippen LogP contribution in [0.2, 0.25) is 0 Å². The minimum atomic E-state index is -0.310. The molecule has 1 aliphatic carbocycles. The molecule has 1 fully saturated rings. The molecule has 0 spiro atoms. The molecule has 3 atom stereocenters. The molecule has 1 amide bonds. The standard InChI is InChI=1S/C29H38N4O3/c1-21-17-33(22(2)20-34)29(35)26-15-24(12-8-11-23-9-4-5-10-23)16-31-28(26)36-27(21)19-32(3)18-25-13-6-7-14-30-25/h6-7,13-16,21-23,27,34H,4-5,9-11,17-20H2,1-3H3/t21-,22+,27-/m0/s1. The number of rotatable bonds is 7. The van der Waals surface area contributed by atoms with Gasteiger partial charge in [0.25, 0.3) is 5.91 Å². The van der Waals surface area contributed by atoms with Crippen LogP contribution in [-0.2, 0) is 6.54 Å². The first-order valence-corrected chi connectivity index (χ1v) is 13.1. The van der Waals surface area contributed by atoms with E-state index in [-0.39, 0.29) is 30.6 Å². The van der Waals surface area contributed by atoms with E-state index in [0.717, 1.165) is 17.7 Å². The quantitative estimate of drug-likeness (QED) is 0.596. The van der Waals surface area contributed by atoms with Gasteiger partial charge in [-0.15, -0.1) is 0 Å². The van der Waals surface area contributed by atoms with Gasteiger partial charge in [0.05, 0.1) is 18.3 Å². The van der Waals surface area contributed by atoms with Crippen LogP contribution in [0, 0.1) is 23.7 Å². The molecule has 0 aromatic carbocycles. The molecule has 7 heteroatoms. The number of nitrogens with zero attached hydrogens (tertiary/aromatic N) is 4. The molecule has 1 aliphatic heterocycles. The molecule has 7 nitrogen and oxygen atoms in total. The molecule has 1 N–H and O–H groups in total. The number of carbonyl (C=O) groups excluding carboxylic acids is 1. The summed E-state index contributed by atoms with van der Waals surface area (Å²) in [6, 6.07) is 7.39. The third-order valence-electron chi connectivity index (χ3n) is 7.27. The molecule has 2 aromatic rings. The minimum absolute atomic E-state index is 0.0370. The highest BCUT2D eigenvalue weighted by Gasteiger charge is 2.34. The maximum absolute atomic E-state index is 13.6. The van der Waals surface area contributed by atoms with E-state index < -0.39 is 0 Å². The number of amides is 1.